The Labute approximate surface area is 202 Å². The van der Waals surface area contributed by atoms with Crippen molar-refractivity contribution in [3.8, 4) is 5.88 Å². The summed E-state index contributed by atoms with van der Waals surface area (Å²) >= 11 is 6.39. The van der Waals surface area contributed by atoms with Gasteiger partial charge in [-0.25, -0.2) is 9.37 Å². The van der Waals surface area contributed by atoms with Gasteiger partial charge in [-0.1, -0.05) is 23.7 Å². The third-order valence-electron chi connectivity index (χ3n) is 6.29. The number of ether oxygens (including phenoxy) is 1. The van der Waals surface area contributed by atoms with Crippen molar-refractivity contribution in [3.63, 3.8) is 0 Å². The van der Waals surface area contributed by atoms with E-state index < -0.39 is 11.8 Å². The highest BCUT2D eigenvalue weighted by Crippen LogP contribution is 2.37. The molecule has 2 aliphatic rings. The van der Waals surface area contributed by atoms with E-state index in [4.69, 9.17) is 16.3 Å². The molecule has 0 bridgehead atoms. The summed E-state index contributed by atoms with van der Waals surface area (Å²) < 4.78 is 20.9. The lowest BCUT2D eigenvalue weighted by molar-refractivity contribution is 0.0867. The van der Waals surface area contributed by atoms with Gasteiger partial charge in [0, 0.05) is 23.0 Å². The number of nitrogens with zero attached hydrogens (tertiary/aromatic N) is 3. The molecule has 176 valence electrons. The van der Waals surface area contributed by atoms with Gasteiger partial charge in [-0.2, -0.15) is 4.98 Å². The summed E-state index contributed by atoms with van der Waals surface area (Å²) in [6.45, 7) is 8.35. The minimum atomic E-state index is -0.628. The van der Waals surface area contributed by atoms with Crippen molar-refractivity contribution in [2.45, 2.75) is 45.9 Å². The number of carbonyl (C=O) groups is 1. The zero-order valence-electron chi connectivity index (χ0n) is 19.4. The van der Waals surface area contributed by atoms with E-state index in [1.807, 2.05) is 39.0 Å². The van der Waals surface area contributed by atoms with Crippen LogP contribution in [0.2, 0.25) is 5.02 Å². The van der Waals surface area contributed by atoms with Crippen molar-refractivity contribution in [1.29, 1.82) is 0 Å². The van der Waals surface area contributed by atoms with Gasteiger partial charge in [0.1, 0.15) is 11.4 Å². The average Bonchev–Trinajstić information content (AvgIpc) is 2.74. The number of hydrogen-bond acceptors (Lipinski definition) is 6. The minimum absolute atomic E-state index is 0.166. The molecule has 1 aromatic heterocycles. The van der Waals surface area contributed by atoms with Crippen molar-refractivity contribution >= 4 is 34.8 Å². The largest absolute Gasteiger partial charge is 0.453 e. The molecule has 2 N–H and O–H groups in total. The lowest BCUT2D eigenvalue weighted by Crippen LogP contribution is -2.46. The molecule has 34 heavy (non-hydrogen) atoms. The van der Waals surface area contributed by atoms with Crippen LogP contribution in [0.1, 0.15) is 47.8 Å². The maximum absolute atomic E-state index is 15.0. The Kier molecular flexibility index (Phi) is 5.45. The van der Waals surface area contributed by atoms with Gasteiger partial charge in [0.05, 0.1) is 10.7 Å². The Hall–Kier alpha value is -3.23. The van der Waals surface area contributed by atoms with Crippen LogP contribution in [0.3, 0.4) is 0 Å². The minimum Gasteiger partial charge on any atom is -0.453 e. The summed E-state index contributed by atoms with van der Waals surface area (Å²) in [5, 5.41) is 6.86. The van der Waals surface area contributed by atoms with Crippen LogP contribution >= 0.6 is 11.6 Å². The summed E-state index contributed by atoms with van der Waals surface area (Å²) in [6.07, 6.45) is 1.51. The van der Waals surface area contributed by atoms with Crippen LogP contribution in [-0.4, -0.2) is 28.6 Å². The Morgan fingerprint density at radius 3 is 2.88 bits per heavy atom. The molecule has 1 atom stereocenters. The van der Waals surface area contributed by atoms with E-state index in [1.165, 1.54) is 17.2 Å². The second-order valence-electron chi connectivity index (χ2n) is 9.13. The first-order valence-corrected chi connectivity index (χ1v) is 11.5. The van der Waals surface area contributed by atoms with Crippen LogP contribution in [-0.2, 0) is 12.0 Å². The van der Waals surface area contributed by atoms with Gasteiger partial charge in [-0.3, -0.25) is 9.69 Å². The number of fused-ring (bicyclic) bond motifs is 2. The molecule has 2 aliphatic heterocycles. The lowest BCUT2D eigenvalue weighted by atomic mass is 9.84. The predicted octanol–water partition coefficient (Wildman–Crippen LogP) is 5.09. The molecule has 0 spiro atoms. The summed E-state index contributed by atoms with van der Waals surface area (Å²) in [5.74, 6) is -0.208. The second-order valence-corrected chi connectivity index (χ2v) is 9.54. The Balaban J connectivity index is 1.45. The fourth-order valence-corrected chi connectivity index (χ4v) is 5.06. The van der Waals surface area contributed by atoms with Gasteiger partial charge in [0.25, 0.3) is 5.91 Å². The highest BCUT2D eigenvalue weighted by Gasteiger charge is 2.36. The predicted molar refractivity (Wildman–Crippen MR) is 130 cm³/mol. The molecule has 0 saturated heterocycles. The highest BCUT2D eigenvalue weighted by atomic mass is 35.5. The SMILES string of the molecule is Cc1cccc(Cl)c1N1C(=O)c2cnc(Nc3cc(F)c4c(c3)CCNC4(C)C)nc2OC1C. The van der Waals surface area contributed by atoms with Crippen LogP contribution in [0, 0.1) is 12.7 Å². The average molecular weight is 482 g/mol. The third-order valence-corrected chi connectivity index (χ3v) is 6.60. The molecule has 3 aromatic rings. The van der Waals surface area contributed by atoms with Gasteiger partial charge in [0.15, 0.2) is 6.23 Å². The summed E-state index contributed by atoms with van der Waals surface area (Å²) in [4.78, 5) is 23.5. The molecule has 0 saturated carbocycles. The van der Waals surface area contributed by atoms with E-state index in [-0.39, 0.29) is 29.1 Å². The fraction of sp³-hybridized carbons (Fsp3) is 0.320. The molecule has 1 unspecified atom stereocenters. The number of benzene rings is 2. The first-order valence-electron chi connectivity index (χ1n) is 11.1. The van der Waals surface area contributed by atoms with Crippen LogP contribution in [0.4, 0.5) is 21.7 Å². The Morgan fingerprint density at radius 1 is 1.32 bits per heavy atom. The quantitative estimate of drug-likeness (QED) is 0.542. The van der Waals surface area contributed by atoms with E-state index in [1.54, 1.807) is 13.0 Å². The Bertz CT molecular complexity index is 1290. The number of aromatic nitrogens is 2. The van der Waals surface area contributed by atoms with Crippen molar-refractivity contribution in [1.82, 2.24) is 15.3 Å². The van der Waals surface area contributed by atoms with E-state index in [0.29, 0.717) is 22.0 Å². The van der Waals surface area contributed by atoms with Crippen LogP contribution < -0.4 is 20.3 Å². The number of hydrogen-bond donors (Lipinski definition) is 2. The molecule has 9 heteroatoms. The molecule has 0 fully saturated rings. The molecule has 1 amide bonds. The number of anilines is 3. The van der Waals surface area contributed by atoms with Gasteiger partial charge < -0.3 is 15.4 Å². The zero-order chi connectivity index (χ0) is 24.2. The standard InChI is InChI=1S/C25H25ClFN5O2/c1-13-6-5-7-18(26)21(13)32-14(2)34-22-17(23(32)33)12-28-24(31-22)30-16-10-15-8-9-29-25(3,4)20(15)19(27)11-16/h5-7,10-12,14,29H,8-9H2,1-4H3,(H,28,30,31). The van der Waals surface area contributed by atoms with E-state index >= 15 is 0 Å². The molecule has 0 radical (unpaired) electrons. The maximum atomic E-state index is 15.0. The van der Waals surface area contributed by atoms with Gasteiger partial charge in [-0.15, -0.1) is 0 Å². The monoisotopic (exact) mass is 481 g/mol. The van der Waals surface area contributed by atoms with Crippen molar-refractivity contribution in [2.24, 2.45) is 0 Å². The number of carbonyl (C=O) groups excluding carboxylic acids is 1. The van der Waals surface area contributed by atoms with Crippen molar-refractivity contribution in [2.75, 3.05) is 16.8 Å². The second kappa shape index (κ2) is 8.21. The topological polar surface area (TPSA) is 79.4 Å². The van der Waals surface area contributed by atoms with E-state index in [2.05, 4.69) is 20.6 Å². The fourth-order valence-electron chi connectivity index (χ4n) is 4.74. The van der Waals surface area contributed by atoms with E-state index in [9.17, 15) is 9.18 Å². The van der Waals surface area contributed by atoms with Crippen LogP contribution in [0.25, 0.3) is 0 Å². The number of rotatable bonds is 3. The molecular weight excluding hydrogens is 457 g/mol. The molecule has 5 rings (SSSR count). The number of aryl methyl sites for hydroxylation is 1. The summed E-state index contributed by atoms with van der Waals surface area (Å²) in [5.41, 5.74) is 3.39. The van der Waals surface area contributed by atoms with E-state index in [0.717, 1.165) is 24.1 Å². The lowest BCUT2D eigenvalue weighted by Gasteiger charge is -2.35. The molecule has 0 aliphatic carbocycles. The van der Waals surface area contributed by atoms with Crippen molar-refractivity contribution in [3.05, 3.63) is 69.6 Å². The number of halogens is 2. The normalized spacial score (nSPS) is 18.7. The maximum Gasteiger partial charge on any atom is 0.268 e. The molecule has 2 aromatic carbocycles. The highest BCUT2D eigenvalue weighted by molar-refractivity contribution is 6.34. The number of amides is 1. The van der Waals surface area contributed by atoms with Crippen LogP contribution in [0.5, 0.6) is 5.88 Å². The Morgan fingerprint density at radius 2 is 2.12 bits per heavy atom. The smallest absolute Gasteiger partial charge is 0.268 e. The van der Waals surface area contributed by atoms with Gasteiger partial charge >= 0.3 is 0 Å². The molecule has 7 nitrogen and oxygen atoms in total. The molecular formula is C25H25ClFN5O2. The van der Waals surface area contributed by atoms with Crippen LogP contribution in [0.15, 0.2) is 36.5 Å². The van der Waals surface area contributed by atoms with Gasteiger partial charge in [-0.05, 0) is 70.0 Å². The summed E-state index contributed by atoms with van der Waals surface area (Å²) in [6, 6.07) is 8.80. The number of nitrogens with one attached hydrogen (secondary N) is 2. The molecule has 3 heterocycles. The first kappa shape index (κ1) is 22.6. The zero-order valence-corrected chi connectivity index (χ0v) is 20.1. The number of para-hydroxylation sites is 1. The van der Waals surface area contributed by atoms with Crippen molar-refractivity contribution < 1.29 is 13.9 Å². The van der Waals surface area contributed by atoms with Gasteiger partial charge in [0.2, 0.25) is 11.8 Å². The third kappa shape index (κ3) is 3.76. The first-order chi connectivity index (χ1) is 16.2. The summed E-state index contributed by atoms with van der Waals surface area (Å²) in [7, 11) is 0.